The fraction of sp³-hybridized carbons (Fsp3) is 0.333. The Morgan fingerprint density at radius 2 is 1.77 bits per heavy atom. The standard InChI is InChI=1S/C9H13NO2Si/c1-9(2,13)7-3-5-8(6-4-7)10(11)12/h3-6H,1-2,13H3. The van der Waals surface area contributed by atoms with Crippen LogP contribution in [0.3, 0.4) is 0 Å². The number of rotatable bonds is 2. The summed E-state index contributed by atoms with van der Waals surface area (Å²) in [5.74, 6) is 0. The number of nitro benzene ring substituents is 1. The van der Waals surface area contributed by atoms with E-state index in [-0.39, 0.29) is 15.6 Å². The second-order valence-electron chi connectivity index (χ2n) is 4.05. The van der Waals surface area contributed by atoms with Gasteiger partial charge in [0.15, 0.2) is 0 Å². The highest BCUT2D eigenvalue weighted by Gasteiger charge is 2.14. The van der Waals surface area contributed by atoms with Crippen molar-refractivity contribution in [1.29, 1.82) is 0 Å². The first kappa shape index (κ1) is 9.92. The molecule has 70 valence electrons. The smallest absolute Gasteiger partial charge is 0.258 e. The molecule has 13 heavy (non-hydrogen) atoms. The molecular weight excluding hydrogens is 182 g/mol. The van der Waals surface area contributed by atoms with Crippen molar-refractivity contribution >= 4 is 15.9 Å². The van der Waals surface area contributed by atoms with Gasteiger partial charge in [0.1, 0.15) is 0 Å². The second kappa shape index (κ2) is 3.30. The monoisotopic (exact) mass is 195 g/mol. The van der Waals surface area contributed by atoms with E-state index in [0.29, 0.717) is 0 Å². The molecule has 0 radical (unpaired) electrons. The summed E-state index contributed by atoms with van der Waals surface area (Å²) in [7, 11) is 1.04. The van der Waals surface area contributed by atoms with Crippen LogP contribution in [0.4, 0.5) is 5.69 Å². The third-order valence-electron chi connectivity index (χ3n) is 1.94. The molecule has 0 N–H and O–H groups in total. The van der Waals surface area contributed by atoms with E-state index < -0.39 is 0 Å². The maximum absolute atomic E-state index is 10.4. The van der Waals surface area contributed by atoms with Gasteiger partial charge in [0.25, 0.3) is 5.69 Å². The van der Waals surface area contributed by atoms with E-state index in [9.17, 15) is 10.1 Å². The average Bonchev–Trinajstić information content (AvgIpc) is 2.03. The molecule has 1 aromatic rings. The predicted octanol–water partition coefficient (Wildman–Crippen LogP) is 1.20. The quantitative estimate of drug-likeness (QED) is 0.404. The molecule has 0 unspecified atom stereocenters. The lowest BCUT2D eigenvalue weighted by atomic mass is 10.0. The summed E-state index contributed by atoms with van der Waals surface area (Å²) in [6, 6.07) is 6.81. The van der Waals surface area contributed by atoms with E-state index in [1.807, 2.05) is 12.1 Å². The Balaban J connectivity index is 3.01. The van der Waals surface area contributed by atoms with Gasteiger partial charge in [-0.15, -0.1) is 0 Å². The maximum atomic E-state index is 10.4. The highest BCUT2D eigenvalue weighted by atomic mass is 28.1. The summed E-state index contributed by atoms with van der Waals surface area (Å²) in [4.78, 5) is 10.0. The van der Waals surface area contributed by atoms with Gasteiger partial charge in [-0.3, -0.25) is 10.1 Å². The Labute approximate surface area is 80.4 Å². The summed E-state index contributed by atoms with van der Waals surface area (Å²) in [6.07, 6.45) is 0. The summed E-state index contributed by atoms with van der Waals surface area (Å²) in [5, 5.41) is 10.6. The van der Waals surface area contributed by atoms with Gasteiger partial charge in [-0.05, 0) is 10.6 Å². The molecular formula is C9H13NO2Si. The molecule has 0 spiro atoms. The largest absolute Gasteiger partial charge is 0.269 e. The van der Waals surface area contributed by atoms with Crippen molar-refractivity contribution in [1.82, 2.24) is 0 Å². The number of benzene rings is 1. The van der Waals surface area contributed by atoms with Gasteiger partial charge in [-0.2, -0.15) is 0 Å². The molecule has 0 aliphatic rings. The summed E-state index contributed by atoms with van der Waals surface area (Å²) >= 11 is 0. The molecule has 0 aliphatic heterocycles. The molecule has 0 aliphatic carbocycles. The third-order valence-corrected chi connectivity index (χ3v) is 2.52. The number of nitrogens with zero attached hydrogens (tertiary/aromatic N) is 1. The lowest BCUT2D eigenvalue weighted by Crippen LogP contribution is -2.16. The van der Waals surface area contributed by atoms with E-state index in [1.54, 1.807) is 12.1 Å². The van der Waals surface area contributed by atoms with Crippen LogP contribution in [-0.4, -0.2) is 15.2 Å². The van der Waals surface area contributed by atoms with Crippen molar-refractivity contribution in [3.8, 4) is 0 Å². The fourth-order valence-corrected chi connectivity index (χ4v) is 1.42. The normalized spacial score (nSPS) is 11.5. The molecule has 0 atom stereocenters. The first-order valence-electron chi connectivity index (χ1n) is 4.16. The van der Waals surface area contributed by atoms with E-state index in [2.05, 4.69) is 13.8 Å². The molecule has 0 saturated carbocycles. The van der Waals surface area contributed by atoms with Crippen LogP contribution in [0.15, 0.2) is 24.3 Å². The van der Waals surface area contributed by atoms with Crippen molar-refractivity contribution in [3.63, 3.8) is 0 Å². The molecule has 0 amide bonds. The summed E-state index contributed by atoms with van der Waals surface area (Å²) in [5.41, 5.74) is 1.33. The van der Waals surface area contributed by atoms with Crippen molar-refractivity contribution < 1.29 is 4.92 Å². The molecule has 3 nitrogen and oxygen atoms in total. The molecule has 4 heteroatoms. The Hall–Kier alpha value is -1.16. The van der Waals surface area contributed by atoms with Gasteiger partial charge >= 0.3 is 0 Å². The van der Waals surface area contributed by atoms with Gasteiger partial charge in [-0.1, -0.05) is 26.0 Å². The van der Waals surface area contributed by atoms with Gasteiger partial charge in [-0.25, -0.2) is 0 Å². The first-order chi connectivity index (χ1) is 5.91. The van der Waals surface area contributed by atoms with Gasteiger partial charge < -0.3 is 0 Å². The summed E-state index contributed by atoms with van der Waals surface area (Å²) < 4.78 is 0. The van der Waals surface area contributed by atoms with E-state index >= 15 is 0 Å². The topological polar surface area (TPSA) is 43.1 Å². The van der Waals surface area contributed by atoms with Gasteiger partial charge in [0.2, 0.25) is 0 Å². The van der Waals surface area contributed by atoms with Gasteiger partial charge in [0, 0.05) is 22.4 Å². The lowest BCUT2D eigenvalue weighted by Gasteiger charge is -2.18. The van der Waals surface area contributed by atoms with E-state index in [1.165, 1.54) is 5.56 Å². The minimum Gasteiger partial charge on any atom is -0.258 e. The van der Waals surface area contributed by atoms with Crippen LogP contribution in [0.2, 0.25) is 0 Å². The SMILES string of the molecule is CC(C)([SiH3])c1ccc([N+](=O)[O-])cc1. The first-order valence-corrected chi connectivity index (χ1v) is 5.16. The summed E-state index contributed by atoms with van der Waals surface area (Å²) in [6.45, 7) is 4.28. The van der Waals surface area contributed by atoms with E-state index in [4.69, 9.17) is 0 Å². The minimum atomic E-state index is -0.371. The fourth-order valence-electron chi connectivity index (χ4n) is 1.08. The Morgan fingerprint density at radius 1 is 1.31 bits per heavy atom. The number of hydrogen-bond acceptors (Lipinski definition) is 2. The van der Waals surface area contributed by atoms with Crippen molar-refractivity contribution in [2.75, 3.05) is 0 Å². The van der Waals surface area contributed by atoms with Crippen molar-refractivity contribution in [3.05, 3.63) is 39.9 Å². The van der Waals surface area contributed by atoms with Crippen LogP contribution in [0.1, 0.15) is 19.4 Å². The van der Waals surface area contributed by atoms with Crippen LogP contribution in [0.5, 0.6) is 0 Å². The Morgan fingerprint density at radius 3 is 2.08 bits per heavy atom. The Kier molecular flexibility index (Phi) is 2.52. The maximum Gasteiger partial charge on any atom is 0.269 e. The van der Waals surface area contributed by atoms with Crippen LogP contribution in [0.25, 0.3) is 0 Å². The molecule has 0 fully saturated rings. The molecule has 1 aromatic carbocycles. The molecule has 0 bridgehead atoms. The minimum absolute atomic E-state index is 0.162. The van der Waals surface area contributed by atoms with Gasteiger partial charge in [0.05, 0.1) is 4.92 Å². The molecule has 0 saturated heterocycles. The molecule has 0 heterocycles. The number of hydrogen-bond donors (Lipinski definition) is 0. The zero-order chi connectivity index (χ0) is 10.1. The highest BCUT2D eigenvalue weighted by Crippen LogP contribution is 2.21. The second-order valence-corrected chi connectivity index (χ2v) is 6.55. The lowest BCUT2D eigenvalue weighted by molar-refractivity contribution is -0.384. The third kappa shape index (κ3) is 2.38. The van der Waals surface area contributed by atoms with Crippen LogP contribution in [-0.2, 0) is 5.04 Å². The van der Waals surface area contributed by atoms with Crippen LogP contribution < -0.4 is 0 Å². The Bertz CT molecular complexity index is 313. The van der Waals surface area contributed by atoms with Crippen molar-refractivity contribution in [2.45, 2.75) is 18.9 Å². The van der Waals surface area contributed by atoms with Crippen LogP contribution in [0, 0.1) is 10.1 Å². The molecule has 1 rings (SSSR count). The number of nitro groups is 1. The van der Waals surface area contributed by atoms with E-state index in [0.717, 1.165) is 10.2 Å². The zero-order valence-electron chi connectivity index (χ0n) is 8.07. The zero-order valence-corrected chi connectivity index (χ0v) is 10.1. The average molecular weight is 195 g/mol. The highest BCUT2D eigenvalue weighted by molar-refractivity contribution is 6.15. The van der Waals surface area contributed by atoms with Crippen molar-refractivity contribution in [2.24, 2.45) is 0 Å². The predicted molar refractivity (Wildman–Crippen MR) is 56.1 cm³/mol. The number of non-ortho nitro benzene ring substituents is 1. The van der Waals surface area contributed by atoms with Crippen LogP contribution >= 0.6 is 0 Å². The molecule has 0 aromatic heterocycles.